The lowest BCUT2D eigenvalue weighted by Crippen LogP contribution is -2.29. The van der Waals surface area contributed by atoms with E-state index in [1.807, 2.05) is 0 Å². The van der Waals surface area contributed by atoms with Crippen molar-refractivity contribution in [2.24, 2.45) is 5.92 Å². The molecule has 1 atom stereocenters. The molecule has 130 valence electrons. The van der Waals surface area contributed by atoms with Crippen LogP contribution in [0.25, 0.3) is 0 Å². The van der Waals surface area contributed by atoms with Gasteiger partial charge in [-0.05, 0) is 30.5 Å². The summed E-state index contributed by atoms with van der Waals surface area (Å²) in [4.78, 5) is 12.2. The minimum atomic E-state index is -3.40. The van der Waals surface area contributed by atoms with Gasteiger partial charge in [-0.1, -0.05) is 44.7 Å². The summed E-state index contributed by atoms with van der Waals surface area (Å²) < 4.78 is 24.7. The van der Waals surface area contributed by atoms with Gasteiger partial charge in [0.05, 0.1) is 17.0 Å². The molecule has 2 N–H and O–H groups in total. The Balaban J connectivity index is 2.68. The van der Waals surface area contributed by atoms with Crippen LogP contribution < -0.4 is 10.0 Å². The zero-order valence-corrected chi connectivity index (χ0v) is 15.4. The highest BCUT2D eigenvalue weighted by atomic mass is 35.5. The maximum atomic E-state index is 12.2. The summed E-state index contributed by atoms with van der Waals surface area (Å²) in [5.41, 5.74) is 0.680. The van der Waals surface area contributed by atoms with Gasteiger partial charge in [-0.15, -0.1) is 0 Å². The maximum absolute atomic E-state index is 12.2. The van der Waals surface area contributed by atoms with E-state index in [1.165, 1.54) is 12.1 Å². The fourth-order valence-electron chi connectivity index (χ4n) is 2.22. The number of halogens is 1. The Labute approximate surface area is 143 Å². The monoisotopic (exact) mass is 360 g/mol. The maximum Gasteiger partial charge on any atom is 0.251 e. The first kappa shape index (κ1) is 19.8. The average molecular weight is 361 g/mol. The number of hydrogen-bond acceptors (Lipinski definition) is 3. The Morgan fingerprint density at radius 3 is 2.52 bits per heavy atom. The van der Waals surface area contributed by atoms with Crippen LogP contribution in [0.1, 0.15) is 49.9 Å². The van der Waals surface area contributed by atoms with E-state index in [-0.39, 0.29) is 16.6 Å². The van der Waals surface area contributed by atoms with Crippen molar-refractivity contribution < 1.29 is 13.2 Å². The molecule has 5 nitrogen and oxygen atoms in total. The fraction of sp³-hybridized carbons (Fsp3) is 0.562. The quantitative estimate of drug-likeness (QED) is 0.705. The second-order valence-electron chi connectivity index (χ2n) is 5.70. The molecule has 23 heavy (non-hydrogen) atoms. The molecule has 0 bridgehead atoms. The molecule has 1 rings (SSSR count). The molecule has 0 aromatic heterocycles. The van der Waals surface area contributed by atoms with Crippen LogP contribution in [-0.2, 0) is 10.0 Å². The third kappa shape index (κ3) is 7.22. The minimum absolute atomic E-state index is 0.195. The SMILES string of the molecule is CCCC[C@@H](CC)CNC(=O)c1ccc(NS(C)(=O)=O)c(Cl)c1. The molecule has 0 radical (unpaired) electrons. The Morgan fingerprint density at radius 1 is 1.30 bits per heavy atom. The van der Waals surface area contributed by atoms with Crippen LogP contribution in [0.5, 0.6) is 0 Å². The highest BCUT2D eigenvalue weighted by Gasteiger charge is 2.13. The molecule has 1 aromatic rings. The Morgan fingerprint density at radius 2 is 2.00 bits per heavy atom. The highest BCUT2D eigenvalue weighted by Crippen LogP contribution is 2.24. The van der Waals surface area contributed by atoms with Crippen LogP contribution in [0.3, 0.4) is 0 Å². The molecule has 0 spiro atoms. The van der Waals surface area contributed by atoms with Crippen LogP contribution in [-0.4, -0.2) is 27.1 Å². The van der Waals surface area contributed by atoms with Crippen LogP contribution in [0, 0.1) is 5.92 Å². The third-order valence-electron chi connectivity index (χ3n) is 3.62. The van der Waals surface area contributed by atoms with E-state index >= 15 is 0 Å². The normalized spacial score (nSPS) is 12.7. The summed E-state index contributed by atoms with van der Waals surface area (Å²) in [5, 5.41) is 3.11. The van der Waals surface area contributed by atoms with Crippen LogP contribution in [0.15, 0.2) is 18.2 Å². The number of sulfonamides is 1. The van der Waals surface area contributed by atoms with Gasteiger partial charge in [-0.2, -0.15) is 0 Å². The number of nitrogens with one attached hydrogen (secondary N) is 2. The summed E-state index contributed by atoms with van der Waals surface area (Å²) in [5.74, 6) is 0.272. The highest BCUT2D eigenvalue weighted by molar-refractivity contribution is 7.92. The number of rotatable bonds is 9. The van der Waals surface area contributed by atoms with Gasteiger partial charge in [-0.25, -0.2) is 8.42 Å². The molecule has 0 aliphatic carbocycles. The number of anilines is 1. The zero-order chi connectivity index (χ0) is 17.5. The van der Waals surface area contributed by atoms with Crippen molar-refractivity contribution in [3.63, 3.8) is 0 Å². The first-order valence-electron chi connectivity index (χ1n) is 7.82. The molecule has 0 fully saturated rings. The number of carbonyl (C=O) groups is 1. The molecular weight excluding hydrogens is 336 g/mol. The van der Waals surface area contributed by atoms with E-state index in [2.05, 4.69) is 23.9 Å². The lowest BCUT2D eigenvalue weighted by Gasteiger charge is -2.15. The minimum Gasteiger partial charge on any atom is -0.352 e. The van der Waals surface area contributed by atoms with Gasteiger partial charge in [0.25, 0.3) is 5.91 Å². The average Bonchev–Trinajstić information content (AvgIpc) is 2.48. The summed E-state index contributed by atoms with van der Waals surface area (Å²) in [6.07, 6.45) is 5.48. The smallest absolute Gasteiger partial charge is 0.251 e. The number of carbonyl (C=O) groups excluding carboxylic acids is 1. The molecule has 0 aliphatic heterocycles. The van der Waals surface area contributed by atoms with Crippen LogP contribution in [0.2, 0.25) is 5.02 Å². The van der Waals surface area contributed by atoms with Gasteiger partial charge < -0.3 is 5.32 Å². The molecule has 0 saturated carbocycles. The van der Waals surface area contributed by atoms with Gasteiger partial charge in [0.15, 0.2) is 0 Å². The molecular formula is C16H25ClN2O3S. The first-order chi connectivity index (χ1) is 10.8. The van der Waals surface area contributed by atoms with Crippen molar-refractivity contribution in [1.29, 1.82) is 0 Å². The molecule has 0 saturated heterocycles. The predicted molar refractivity (Wildman–Crippen MR) is 95.6 cm³/mol. The summed E-state index contributed by atoms with van der Waals surface area (Å²) >= 11 is 6.03. The van der Waals surface area contributed by atoms with Crippen molar-refractivity contribution in [3.05, 3.63) is 28.8 Å². The van der Waals surface area contributed by atoms with Crippen molar-refractivity contribution >= 4 is 33.2 Å². The topological polar surface area (TPSA) is 75.3 Å². The number of amides is 1. The molecule has 1 aromatic carbocycles. The van der Waals surface area contributed by atoms with Gasteiger partial charge in [-0.3, -0.25) is 9.52 Å². The lowest BCUT2D eigenvalue weighted by atomic mass is 9.99. The second-order valence-corrected chi connectivity index (χ2v) is 7.85. The standard InChI is InChI=1S/C16H25ClN2O3S/c1-4-6-7-12(5-2)11-18-16(20)13-8-9-15(14(17)10-13)19-23(3,21)22/h8-10,12,19H,4-7,11H2,1-3H3,(H,18,20)/t12-/m1/s1. The third-order valence-corrected chi connectivity index (χ3v) is 4.52. The number of hydrogen-bond donors (Lipinski definition) is 2. The van der Waals surface area contributed by atoms with E-state index in [1.54, 1.807) is 6.07 Å². The van der Waals surface area contributed by atoms with E-state index in [9.17, 15) is 13.2 Å². The summed E-state index contributed by atoms with van der Waals surface area (Å²) in [6, 6.07) is 4.52. The van der Waals surface area contributed by atoms with Crippen molar-refractivity contribution in [2.75, 3.05) is 17.5 Å². The molecule has 0 unspecified atom stereocenters. The molecule has 7 heteroatoms. The summed E-state index contributed by atoms with van der Waals surface area (Å²) in [6.45, 7) is 4.91. The largest absolute Gasteiger partial charge is 0.352 e. The lowest BCUT2D eigenvalue weighted by molar-refractivity contribution is 0.0946. The summed E-state index contributed by atoms with van der Waals surface area (Å²) in [7, 11) is -3.40. The number of benzene rings is 1. The van der Waals surface area contributed by atoms with Crippen molar-refractivity contribution in [2.45, 2.75) is 39.5 Å². The fourth-order valence-corrected chi connectivity index (χ4v) is 3.08. The Hall–Kier alpha value is -1.27. The second kappa shape index (κ2) is 9.13. The van der Waals surface area contributed by atoms with Gasteiger partial charge >= 0.3 is 0 Å². The van der Waals surface area contributed by atoms with E-state index < -0.39 is 10.0 Å². The first-order valence-corrected chi connectivity index (χ1v) is 10.1. The van der Waals surface area contributed by atoms with Crippen molar-refractivity contribution in [3.8, 4) is 0 Å². The van der Waals surface area contributed by atoms with Gasteiger partial charge in [0.2, 0.25) is 10.0 Å². The Bertz CT molecular complexity index is 632. The van der Waals surface area contributed by atoms with Gasteiger partial charge in [0.1, 0.15) is 0 Å². The molecule has 0 heterocycles. The van der Waals surface area contributed by atoms with E-state index in [4.69, 9.17) is 11.6 Å². The van der Waals surface area contributed by atoms with E-state index in [0.29, 0.717) is 18.0 Å². The van der Waals surface area contributed by atoms with Gasteiger partial charge in [0, 0.05) is 12.1 Å². The molecule has 0 aliphatic rings. The number of unbranched alkanes of at least 4 members (excludes halogenated alkanes) is 1. The van der Waals surface area contributed by atoms with E-state index in [0.717, 1.165) is 31.9 Å². The Kier molecular flexibility index (Phi) is 7.85. The molecule has 1 amide bonds. The zero-order valence-electron chi connectivity index (χ0n) is 13.9. The van der Waals surface area contributed by atoms with Crippen LogP contribution >= 0.6 is 11.6 Å². The van der Waals surface area contributed by atoms with Crippen LogP contribution in [0.4, 0.5) is 5.69 Å². The predicted octanol–water partition coefficient (Wildman–Crippen LogP) is 3.66. The van der Waals surface area contributed by atoms with Crippen molar-refractivity contribution in [1.82, 2.24) is 5.32 Å².